The molecule has 124 valence electrons. The molecule has 3 aromatic heterocycles. The van der Waals surface area contributed by atoms with Crippen LogP contribution in [0.5, 0.6) is 0 Å². The van der Waals surface area contributed by atoms with Crippen molar-refractivity contribution in [2.24, 2.45) is 7.05 Å². The molecule has 7 heteroatoms. The maximum absolute atomic E-state index is 12.5. The molecule has 1 saturated heterocycles. The first-order valence-corrected chi connectivity index (χ1v) is 8.21. The maximum Gasteiger partial charge on any atom is 0.274 e. The highest BCUT2D eigenvalue weighted by Gasteiger charge is 2.26. The zero-order chi connectivity index (χ0) is 16.7. The van der Waals surface area contributed by atoms with Crippen LogP contribution in [0.3, 0.4) is 0 Å². The Balaban J connectivity index is 1.46. The molecule has 1 N–H and O–H groups in total. The van der Waals surface area contributed by atoms with Gasteiger partial charge in [-0.3, -0.25) is 14.5 Å². The number of H-pyrrole nitrogens is 1. The molecule has 1 aliphatic rings. The standard InChI is InChI=1S/C17H20N6O/c1-11-10-18-15-9-14(20-16(15)19-11)12-3-7-23(8-4-12)17(24)13-5-6-22(2)21-13/h5-6,9-10,12H,3-4,7-8H2,1-2H3,(H,19,20). The molecule has 7 nitrogen and oxygen atoms in total. The van der Waals surface area contributed by atoms with Crippen LogP contribution in [0.1, 0.15) is 40.6 Å². The summed E-state index contributed by atoms with van der Waals surface area (Å²) in [5, 5.41) is 4.20. The number of aryl methyl sites for hydroxylation is 2. The van der Waals surface area contributed by atoms with E-state index in [0.29, 0.717) is 11.6 Å². The summed E-state index contributed by atoms with van der Waals surface area (Å²) in [7, 11) is 1.82. The Morgan fingerprint density at radius 3 is 2.83 bits per heavy atom. The van der Waals surface area contributed by atoms with Gasteiger partial charge in [0, 0.05) is 44.1 Å². The van der Waals surface area contributed by atoms with Gasteiger partial charge in [0.1, 0.15) is 11.2 Å². The van der Waals surface area contributed by atoms with E-state index in [1.807, 2.05) is 18.9 Å². The van der Waals surface area contributed by atoms with Crippen LogP contribution >= 0.6 is 0 Å². The Labute approximate surface area is 139 Å². The SMILES string of the molecule is Cc1cnc2cc(C3CCN(C(=O)c4ccn(C)n4)CC3)[nH]c2n1. The zero-order valence-corrected chi connectivity index (χ0v) is 13.9. The monoisotopic (exact) mass is 324 g/mol. The Kier molecular flexibility index (Phi) is 3.55. The topological polar surface area (TPSA) is 79.7 Å². The summed E-state index contributed by atoms with van der Waals surface area (Å²) in [4.78, 5) is 26.6. The molecule has 0 aliphatic carbocycles. The van der Waals surface area contributed by atoms with Crippen molar-refractivity contribution in [3.63, 3.8) is 0 Å². The normalized spacial score (nSPS) is 16.0. The maximum atomic E-state index is 12.5. The lowest BCUT2D eigenvalue weighted by atomic mass is 9.93. The molecule has 24 heavy (non-hydrogen) atoms. The van der Waals surface area contributed by atoms with Crippen molar-refractivity contribution >= 4 is 17.1 Å². The third-order valence-electron chi connectivity index (χ3n) is 4.63. The molecule has 0 aromatic carbocycles. The number of hydrogen-bond acceptors (Lipinski definition) is 4. The highest BCUT2D eigenvalue weighted by molar-refractivity contribution is 5.92. The largest absolute Gasteiger partial charge is 0.342 e. The molecule has 0 unspecified atom stereocenters. The van der Waals surface area contributed by atoms with E-state index in [9.17, 15) is 4.79 Å². The van der Waals surface area contributed by atoms with Crippen LogP contribution in [0, 0.1) is 6.92 Å². The first-order valence-electron chi connectivity index (χ1n) is 8.21. The lowest BCUT2D eigenvalue weighted by Gasteiger charge is -2.31. The Hall–Kier alpha value is -2.70. The first-order chi connectivity index (χ1) is 11.6. The van der Waals surface area contributed by atoms with Crippen LogP contribution in [0.25, 0.3) is 11.2 Å². The number of piperidine rings is 1. The summed E-state index contributed by atoms with van der Waals surface area (Å²) in [6.07, 6.45) is 5.45. The van der Waals surface area contributed by atoms with Crippen LogP contribution in [-0.2, 0) is 7.05 Å². The van der Waals surface area contributed by atoms with Crippen molar-refractivity contribution in [1.29, 1.82) is 0 Å². The summed E-state index contributed by atoms with van der Waals surface area (Å²) in [6.45, 7) is 3.43. The van der Waals surface area contributed by atoms with Crippen LogP contribution in [-0.4, -0.2) is 48.6 Å². The van der Waals surface area contributed by atoms with Gasteiger partial charge in [-0.25, -0.2) is 4.98 Å². The van der Waals surface area contributed by atoms with E-state index < -0.39 is 0 Å². The summed E-state index contributed by atoms with van der Waals surface area (Å²) in [6, 6.07) is 3.86. The van der Waals surface area contributed by atoms with Crippen molar-refractivity contribution in [2.75, 3.05) is 13.1 Å². The number of nitrogens with one attached hydrogen (secondary N) is 1. The Bertz CT molecular complexity index is 888. The van der Waals surface area contributed by atoms with E-state index >= 15 is 0 Å². The quantitative estimate of drug-likeness (QED) is 0.782. The van der Waals surface area contributed by atoms with Crippen LogP contribution < -0.4 is 0 Å². The van der Waals surface area contributed by atoms with Gasteiger partial charge in [-0.05, 0) is 31.9 Å². The Morgan fingerprint density at radius 1 is 1.33 bits per heavy atom. The fourth-order valence-corrected chi connectivity index (χ4v) is 3.31. The number of carbonyl (C=O) groups is 1. The molecule has 3 aromatic rings. The van der Waals surface area contributed by atoms with E-state index in [4.69, 9.17) is 0 Å². The molecular weight excluding hydrogens is 304 g/mol. The van der Waals surface area contributed by atoms with Gasteiger partial charge in [0.2, 0.25) is 0 Å². The lowest BCUT2D eigenvalue weighted by molar-refractivity contribution is 0.0705. The minimum atomic E-state index is 0.0182. The second-order valence-electron chi connectivity index (χ2n) is 6.41. The fourth-order valence-electron chi connectivity index (χ4n) is 3.31. The van der Waals surface area contributed by atoms with Crippen LogP contribution in [0.15, 0.2) is 24.5 Å². The number of hydrogen-bond donors (Lipinski definition) is 1. The number of aromatic nitrogens is 5. The number of amides is 1. The Morgan fingerprint density at radius 2 is 2.12 bits per heavy atom. The molecule has 0 saturated carbocycles. The van der Waals surface area contributed by atoms with Crippen molar-refractivity contribution in [3.8, 4) is 0 Å². The third kappa shape index (κ3) is 2.66. The third-order valence-corrected chi connectivity index (χ3v) is 4.63. The molecule has 0 spiro atoms. The van der Waals surface area contributed by atoms with Gasteiger partial charge >= 0.3 is 0 Å². The minimum Gasteiger partial charge on any atom is -0.342 e. The van der Waals surface area contributed by atoms with Gasteiger partial charge in [0.15, 0.2) is 5.65 Å². The molecule has 4 rings (SSSR count). The predicted molar refractivity (Wildman–Crippen MR) is 89.7 cm³/mol. The molecule has 4 heterocycles. The van der Waals surface area contributed by atoms with E-state index in [2.05, 4.69) is 26.1 Å². The van der Waals surface area contributed by atoms with Crippen molar-refractivity contribution in [3.05, 3.63) is 41.6 Å². The second-order valence-corrected chi connectivity index (χ2v) is 6.41. The van der Waals surface area contributed by atoms with E-state index in [1.54, 1.807) is 23.1 Å². The van der Waals surface area contributed by atoms with Gasteiger partial charge in [-0.15, -0.1) is 0 Å². The number of likely N-dealkylation sites (tertiary alicyclic amines) is 1. The second kappa shape index (κ2) is 5.74. The molecular formula is C17H20N6O. The number of rotatable bonds is 2. The minimum absolute atomic E-state index is 0.0182. The smallest absolute Gasteiger partial charge is 0.274 e. The predicted octanol–water partition coefficient (Wildman–Crippen LogP) is 2.02. The van der Waals surface area contributed by atoms with E-state index in [-0.39, 0.29) is 5.91 Å². The highest BCUT2D eigenvalue weighted by atomic mass is 16.2. The highest BCUT2D eigenvalue weighted by Crippen LogP contribution is 2.29. The van der Waals surface area contributed by atoms with E-state index in [0.717, 1.165) is 42.8 Å². The van der Waals surface area contributed by atoms with E-state index in [1.165, 1.54) is 5.69 Å². The van der Waals surface area contributed by atoms with Crippen LogP contribution in [0.4, 0.5) is 0 Å². The van der Waals surface area contributed by atoms with Crippen molar-refractivity contribution in [2.45, 2.75) is 25.7 Å². The lowest BCUT2D eigenvalue weighted by Crippen LogP contribution is -2.38. The number of nitrogens with zero attached hydrogens (tertiary/aromatic N) is 5. The van der Waals surface area contributed by atoms with Gasteiger partial charge in [-0.2, -0.15) is 5.10 Å². The van der Waals surface area contributed by atoms with Crippen molar-refractivity contribution in [1.82, 2.24) is 29.6 Å². The summed E-state index contributed by atoms with van der Waals surface area (Å²) in [5.41, 5.74) is 4.34. The first kappa shape index (κ1) is 14.9. The average molecular weight is 324 g/mol. The van der Waals surface area contributed by atoms with Crippen molar-refractivity contribution < 1.29 is 4.79 Å². The van der Waals surface area contributed by atoms with Gasteiger partial charge < -0.3 is 9.88 Å². The van der Waals surface area contributed by atoms with Crippen LogP contribution in [0.2, 0.25) is 0 Å². The molecule has 0 bridgehead atoms. The number of carbonyl (C=O) groups excluding carboxylic acids is 1. The molecule has 1 amide bonds. The number of fused-ring (bicyclic) bond motifs is 1. The fraction of sp³-hybridized carbons (Fsp3) is 0.412. The molecule has 1 aliphatic heterocycles. The van der Waals surface area contributed by atoms with Gasteiger partial charge in [0.05, 0.1) is 5.69 Å². The molecule has 1 fully saturated rings. The summed E-state index contributed by atoms with van der Waals surface area (Å²) < 4.78 is 1.66. The zero-order valence-electron chi connectivity index (χ0n) is 13.9. The average Bonchev–Trinajstić information content (AvgIpc) is 3.20. The summed E-state index contributed by atoms with van der Waals surface area (Å²) >= 11 is 0. The number of aromatic amines is 1. The molecule has 0 radical (unpaired) electrons. The van der Waals surface area contributed by atoms with Gasteiger partial charge in [0.25, 0.3) is 5.91 Å². The molecule has 0 atom stereocenters. The summed E-state index contributed by atoms with van der Waals surface area (Å²) in [5.74, 6) is 0.429. The van der Waals surface area contributed by atoms with Gasteiger partial charge in [-0.1, -0.05) is 0 Å².